The predicted octanol–water partition coefficient (Wildman–Crippen LogP) is 1.98. The third kappa shape index (κ3) is 5.63. The van der Waals surface area contributed by atoms with Crippen LogP contribution < -0.4 is 14.9 Å². The molecule has 7 heteroatoms. The number of anilines is 1. The van der Waals surface area contributed by atoms with E-state index in [1.54, 1.807) is 0 Å². The van der Waals surface area contributed by atoms with Crippen LogP contribution in [0.25, 0.3) is 0 Å². The van der Waals surface area contributed by atoms with Crippen molar-refractivity contribution in [1.82, 2.24) is 10.6 Å². The van der Waals surface area contributed by atoms with Crippen molar-refractivity contribution in [3.63, 3.8) is 0 Å². The molecule has 0 radical (unpaired) electrons. The van der Waals surface area contributed by atoms with E-state index in [-0.39, 0.29) is 5.75 Å². The molecule has 0 bridgehead atoms. The first-order valence-corrected chi connectivity index (χ1v) is 10.7. The van der Waals surface area contributed by atoms with Crippen LogP contribution in [-0.2, 0) is 16.4 Å². The number of nitrogens with one attached hydrogen (secondary N) is 2. The van der Waals surface area contributed by atoms with Crippen LogP contribution in [0.5, 0.6) is 0 Å². The first-order chi connectivity index (χ1) is 11.9. The number of hydrogen-bond donors (Lipinski definition) is 2. The minimum atomic E-state index is -3.33. The quantitative estimate of drug-likeness (QED) is 0.545. The van der Waals surface area contributed by atoms with Gasteiger partial charge in [0.25, 0.3) is 0 Å². The summed E-state index contributed by atoms with van der Waals surface area (Å²) in [6, 6.07) is 7.71. The number of hydrogen-bond acceptors (Lipinski definition) is 3. The van der Waals surface area contributed by atoms with Crippen molar-refractivity contribution in [3.05, 3.63) is 29.8 Å². The zero-order valence-electron chi connectivity index (χ0n) is 15.5. The fraction of sp³-hybridized carbons (Fsp3) is 0.611. The number of aliphatic imine (C=N–C) groups is 1. The Hall–Kier alpha value is -1.76. The molecule has 25 heavy (non-hydrogen) atoms. The lowest BCUT2D eigenvalue weighted by atomic mass is 10.1. The Kier molecular flexibility index (Phi) is 7.11. The highest BCUT2D eigenvalue weighted by atomic mass is 32.2. The van der Waals surface area contributed by atoms with E-state index in [0.29, 0.717) is 25.0 Å². The van der Waals surface area contributed by atoms with Crippen LogP contribution in [-0.4, -0.2) is 46.3 Å². The van der Waals surface area contributed by atoms with Crippen molar-refractivity contribution >= 4 is 21.7 Å². The SMILES string of the molecule is CCNC(=NCCC(C)C)NCCS(=O)(=O)N1CCc2ccccc21. The normalized spacial score (nSPS) is 14.7. The van der Waals surface area contributed by atoms with Gasteiger partial charge in [0, 0.05) is 26.2 Å². The molecule has 1 aromatic carbocycles. The van der Waals surface area contributed by atoms with Gasteiger partial charge in [0.1, 0.15) is 0 Å². The van der Waals surface area contributed by atoms with E-state index in [4.69, 9.17) is 0 Å². The topological polar surface area (TPSA) is 73.8 Å². The Labute approximate surface area is 151 Å². The van der Waals surface area contributed by atoms with Crippen molar-refractivity contribution in [2.75, 3.05) is 36.2 Å². The van der Waals surface area contributed by atoms with Crippen LogP contribution in [0.1, 0.15) is 32.8 Å². The molecule has 1 aromatic rings. The summed E-state index contributed by atoms with van der Waals surface area (Å²) in [7, 11) is -3.33. The second-order valence-corrected chi connectivity index (χ2v) is 8.65. The van der Waals surface area contributed by atoms with Crippen LogP contribution in [0, 0.1) is 5.92 Å². The summed E-state index contributed by atoms with van der Waals surface area (Å²) < 4.78 is 26.9. The lowest BCUT2D eigenvalue weighted by Gasteiger charge is -2.20. The maximum atomic E-state index is 12.7. The van der Waals surface area contributed by atoms with E-state index in [2.05, 4.69) is 29.5 Å². The minimum absolute atomic E-state index is 0.0515. The summed E-state index contributed by atoms with van der Waals surface area (Å²) in [6.07, 6.45) is 1.79. The van der Waals surface area contributed by atoms with Crippen molar-refractivity contribution < 1.29 is 8.42 Å². The summed E-state index contributed by atoms with van der Waals surface area (Å²) in [4.78, 5) is 4.49. The Morgan fingerprint density at radius 3 is 2.76 bits per heavy atom. The first-order valence-electron chi connectivity index (χ1n) is 9.04. The molecule has 0 saturated carbocycles. The second-order valence-electron chi connectivity index (χ2n) is 6.64. The van der Waals surface area contributed by atoms with Gasteiger partial charge < -0.3 is 10.6 Å². The molecule has 0 aromatic heterocycles. The molecule has 6 nitrogen and oxygen atoms in total. The third-order valence-corrected chi connectivity index (χ3v) is 5.92. The summed E-state index contributed by atoms with van der Waals surface area (Å²) in [6.45, 7) is 8.68. The van der Waals surface area contributed by atoms with Crippen molar-refractivity contribution in [1.29, 1.82) is 0 Å². The molecule has 0 spiro atoms. The van der Waals surface area contributed by atoms with Crippen molar-refractivity contribution in [3.8, 4) is 0 Å². The Balaban J connectivity index is 1.91. The van der Waals surface area contributed by atoms with Crippen LogP contribution in [0.2, 0.25) is 0 Å². The van der Waals surface area contributed by atoms with E-state index in [1.807, 2.05) is 31.2 Å². The molecule has 0 atom stereocenters. The van der Waals surface area contributed by atoms with Crippen LogP contribution in [0.15, 0.2) is 29.3 Å². The fourth-order valence-electron chi connectivity index (χ4n) is 2.78. The molecular formula is C18H30N4O2S. The van der Waals surface area contributed by atoms with Gasteiger partial charge in [-0.15, -0.1) is 0 Å². The van der Waals surface area contributed by atoms with Crippen LogP contribution in [0.4, 0.5) is 5.69 Å². The third-order valence-electron chi connectivity index (χ3n) is 4.15. The maximum absolute atomic E-state index is 12.7. The average molecular weight is 367 g/mol. The number of rotatable bonds is 8. The molecule has 1 aliphatic heterocycles. The fourth-order valence-corrected chi connectivity index (χ4v) is 4.21. The summed E-state index contributed by atoms with van der Waals surface area (Å²) in [5.41, 5.74) is 1.92. The van der Waals surface area contributed by atoms with E-state index < -0.39 is 10.0 Å². The van der Waals surface area contributed by atoms with Gasteiger partial charge in [-0.25, -0.2) is 8.42 Å². The number of nitrogens with zero attached hydrogens (tertiary/aromatic N) is 2. The molecular weight excluding hydrogens is 336 g/mol. The second kappa shape index (κ2) is 9.08. The number of sulfonamides is 1. The number of benzene rings is 1. The highest BCUT2D eigenvalue weighted by Crippen LogP contribution is 2.29. The van der Waals surface area contributed by atoms with Gasteiger partial charge in [-0.1, -0.05) is 32.0 Å². The highest BCUT2D eigenvalue weighted by Gasteiger charge is 2.28. The highest BCUT2D eigenvalue weighted by molar-refractivity contribution is 7.92. The Morgan fingerprint density at radius 1 is 1.28 bits per heavy atom. The summed E-state index contributed by atoms with van der Waals surface area (Å²) in [5, 5.41) is 6.29. The Bertz CT molecular complexity index is 686. The van der Waals surface area contributed by atoms with Gasteiger partial charge in [-0.05, 0) is 37.3 Å². The van der Waals surface area contributed by atoms with E-state index >= 15 is 0 Å². The lowest BCUT2D eigenvalue weighted by molar-refractivity contribution is 0.590. The minimum Gasteiger partial charge on any atom is -0.357 e. The molecule has 0 unspecified atom stereocenters. The van der Waals surface area contributed by atoms with Gasteiger partial charge in [0.15, 0.2) is 5.96 Å². The summed E-state index contributed by atoms with van der Waals surface area (Å²) in [5.74, 6) is 1.33. The first kappa shape index (κ1) is 19.6. The maximum Gasteiger partial charge on any atom is 0.236 e. The molecule has 0 amide bonds. The molecule has 0 saturated heterocycles. The van der Waals surface area contributed by atoms with Gasteiger partial charge >= 0.3 is 0 Å². The van der Waals surface area contributed by atoms with Gasteiger partial charge in [-0.3, -0.25) is 9.30 Å². The smallest absolute Gasteiger partial charge is 0.236 e. The van der Waals surface area contributed by atoms with E-state index in [0.717, 1.165) is 37.2 Å². The lowest BCUT2D eigenvalue weighted by Crippen LogP contribution is -2.42. The molecule has 0 aliphatic carbocycles. The number of para-hydroxylation sites is 1. The molecule has 2 N–H and O–H groups in total. The monoisotopic (exact) mass is 366 g/mol. The molecule has 1 aliphatic rings. The number of guanidine groups is 1. The van der Waals surface area contributed by atoms with Crippen LogP contribution >= 0.6 is 0 Å². The Morgan fingerprint density at radius 2 is 2.04 bits per heavy atom. The molecule has 140 valence electrons. The number of fused-ring (bicyclic) bond motifs is 1. The summed E-state index contributed by atoms with van der Waals surface area (Å²) >= 11 is 0. The van der Waals surface area contributed by atoms with Crippen LogP contribution in [0.3, 0.4) is 0 Å². The molecule has 2 rings (SSSR count). The van der Waals surface area contributed by atoms with Crippen molar-refractivity contribution in [2.24, 2.45) is 10.9 Å². The standard InChI is InChI=1S/C18H30N4O2S/c1-4-19-18(20-11-9-15(2)3)21-12-14-25(23,24)22-13-10-16-7-5-6-8-17(16)22/h5-8,15H,4,9-14H2,1-3H3,(H2,19,20,21). The molecule has 1 heterocycles. The average Bonchev–Trinajstić information content (AvgIpc) is 2.99. The molecule has 0 fully saturated rings. The largest absolute Gasteiger partial charge is 0.357 e. The van der Waals surface area contributed by atoms with Gasteiger partial charge in [0.05, 0.1) is 11.4 Å². The van der Waals surface area contributed by atoms with Gasteiger partial charge in [-0.2, -0.15) is 0 Å². The zero-order valence-corrected chi connectivity index (χ0v) is 16.3. The van der Waals surface area contributed by atoms with E-state index in [9.17, 15) is 8.42 Å². The van der Waals surface area contributed by atoms with Gasteiger partial charge in [0.2, 0.25) is 10.0 Å². The predicted molar refractivity (Wildman–Crippen MR) is 105 cm³/mol. The van der Waals surface area contributed by atoms with Crippen molar-refractivity contribution in [2.45, 2.75) is 33.6 Å². The zero-order chi connectivity index (χ0) is 18.3. The van der Waals surface area contributed by atoms with E-state index in [1.165, 1.54) is 4.31 Å².